The Labute approximate surface area is 181 Å². The molecule has 6 heteroatoms. The van der Waals surface area contributed by atoms with Crippen LogP contribution in [0.5, 0.6) is 11.5 Å². The maximum Gasteiger partial charge on any atom is 0.257 e. The van der Waals surface area contributed by atoms with Crippen LogP contribution in [-0.4, -0.2) is 24.2 Å². The molecule has 0 unspecified atom stereocenters. The van der Waals surface area contributed by atoms with Gasteiger partial charge in [0.25, 0.3) is 5.91 Å². The van der Waals surface area contributed by atoms with Gasteiger partial charge in [0.15, 0.2) is 12.0 Å². The van der Waals surface area contributed by atoms with Crippen LogP contribution >= 0.6 is 0 Å². The van der Waals surface area contributed by atoms with E-state index in [0.717, 1.165) is 18.4 Å². The lowest BCUT2D eigenvalue weighted by Crippen LogP contribution is -2.29. The van der Waals surface area contributed by atoms with Gasteiger partial charge in [0, 0.05) is 30.3 Å². The predicted molar refractivity (Wildman–Crippen MR) is 121 cm³/mol. The maximum atomic E-state index is 12.5. The van der Waals surface area contributed by atoms with Crippen molar-refractivity contribution in [3.8, 4) is 22.8 Å². The Balaban J connectivity index is 1.61. The molecule has 3 rings (SSSR count). The van der Waals surface area contributed by atoms with Crippen molar-refractivity contribution < 1.29 is 19.1 Å². The molecule has 0 saturated carbocycles. The molecule has 1 aromatic heterocycles. The second kappa shape index (κ2) is 11.2. The van der Waals surface area contributed by atoms with Gasteiger partial charge in [-0.2, -0.15) is 0 Å². The number of fused-ring (bicyclic) bond motifs is 1. The van der Waals surface area contributed by atoms with E-state index in [4.69, 9.17) is 9.15 Å². The van der Waals surface area contributed by atoms with Crippen LogP contribution in [0.1, 0.15) is 45.4 Å². The molecule has 0 aliphatic carbocycles. The van der Waals surface area contributed by atoms with Gasteiger partial charge in [0.2, 0.25) is 0 Å². The Morgan fingerprint density at radius 3 is 2.55 bits per heavy atom. The fraction of sp³-hybridized carbons (Fsp3) is 0.360. The molecular weight excluding hydrogens is 394 g/mol. The van der Waals surface area contributed by atoms with Crippen LogP contribution in [0.4, 0.5) is 0 Å². The molecule has 0 spiro atoms. The molecule has 0 aliphatic rings. The molecule has 0 aliphatic heterocycles. The first kappa shape index (κ1) is 22.4. The van der Waals surface area contributed by atoms with Gasteiger partial charge < -0.3 is 19.6 Å². The SMILES string of the molecule is CCCCCCCCNC(=O)COc1cc(O)c2c(=O)cc(-c3ccccc3)oc2c1. The van der Waals surface area contributed by atoms with Gasteiger partial charge in [0.1, 0.15) is 28.2 Å². The quantitative estimate of drug-likeness (QED) is 0.423. The van der Waals surface area contributed by atoms with E-state index in [9.17, 15) is 14.7 Å². The highest BCUT2D eigenvalue weighted by molar-refractivity contribution is 5.86. The second-order valence-corrected chi connectivity index (χ2v) is 7.56. The first-order valence-electron chi connectivity index (χ1n) is 10.8. The lowest BCUT2D eigenvalue weighted by Gasteiger charge is -2.10. The van der Waals surface area contributed by atoms with Gasteiger partial charge >= 0.3 is 0 Å². The predicted octanol–water partition coefficient (Wildman–Crippen LogP) is 5.02. The molecule has 1 amide bonds. The summed E-state index contributed by atoms with van der Waals surface area (Å²) in [6.07, 6.45) is 6.94. The number of unbranched alkanes of at least 4 members (excludes halogenated alkanes) is 5. The minimum atomic E-state index is -0.346. The summed E-state index contributed by atoms with van der Waals surface area (Å²) >= 11 is 0. The fourth-order valence-corrected chi connectivity index (χ4v) is 3.40. The molecule has 0 radical (unpaired) electrons. The van der Waals surface area contributed by atoms with E-state index in [1.54, 1.807) is 0 Å². The summed E-state index contributed by atoms with van der Waals surface area (Å²) in [6.45, 7) is 2.63. The number of benzene rings is 2. The number of carbonyl (C=O) groups excluding carboxylic acids is 1. The number of rotatable bonds is 11. The van der Waals surface area contributed by atoms with E-state index in [2.05, 4.69) is 12.2 Å². The average molecular weight is 424 g/mol. The molecule has 2 N–H and O–H groups in total. The minimum Gasteiger partial charge on any atom is -0.507 e. The van der Waals surface area contributed by atoms with Crippen molar-refractivity contribution in [1.82, 2.24) is 5.32 Å². The lowest BCUT2D eigenvalue weighted by molar-refractivity contribution is -0.123. The number of hydrogen-bond acceptors (Lipinski definition) is 5. The number of amides is 1. The lowest BCUT2D eigenvalue weighted by atomic mass is 10.1. The van der Waals surface area contributed by atoms with Crippen LogP contribution in [-0.2, 0) is 4.79 Å². The number of phenols is 1. The number of nitrogens with one attached hydrogen (secondary N) is 1. The highest BCUT2D eigenvalue weighted by atomic mass is 16.5. The van der Waals surface area contributed by atoms with E-state index in [1.165, 1.54) is 43.9 Å². The van der Waals surface area contributed by atoms with E-state index < -0.39 is 0 Å². The second-order valence-electron chi connectivity index (χ2n) is 7.56. The zero-order chi connectivity index (χ0) is 22.1. The average Bonchev–Trinajstić information content (AvgIpc) is 2.77. The Bertz CT molecular complexity index is 1060. The highest BCUT2D eigenvalue weighted by Gasteiger charge is 2.13. The van der Waals surface area contributed by atoms with Crippen LogP contribution < -0.4 is 15.5 Å². The molecule has 3 aromatic rings. The number of phenolic OH excluding ortho intramolecular Hbond substituents is 1. The van der Waals surface area contributed by atoms with Crippen LogP contribution in [0, 0.1) is 0 Å². The molecule has 2 aromatic carbocycles. The summed E-state index contributed by atoms with van der Waals surface area (Å²) in [7, 11) is 0. The molecule has 6 nitrogen and oxygen atoms in total. The maximum absolute atomic E-state index is 12.5. The van der Waals surface area contributed by atoms with Crippen molar-refractivity contribution in [2.75, 3.05) is 13.2 Å². The normalized spacial score (nSPS) is 10.9. The van der Waals surface area contributed by atoms with E-state index in [0.29, 0.717) is 12.3 Å². The van der Waals surface area contributed by atoms with Crippen molar-refractivity contribution in [2.24, 2.45) is 0 Å². The van der Waals surface area contributed by atoms with Gasteiger partial charge in [-0.3, -0.25) is 9.59 Å². The largest absolute Gasteiger partial charge is 0.507 e. The first-order valence-corrected chi connectivity index (χ1v) is 10.8. The van der Waals surface area contributed by atoms with Crippen molar-refractivity contribution in [3.63, 3.8) is 0 Å². The molecule has 0 bridgehead atoms. The summed E-state index contributed by atoms with van der Waals surface area (Å²) < 4.78 is 11.4. The number of carbonyl (C=O) groups is 1. The monoisotopic (exact) mass is 423 g/mol. The summed E-state index contributed by atoms with van der Waals surface area (Å²) in [6, 6.07) is 13.4. The molecule has 31 heavy (non-hydrogen) atoms. The number of hydrogen-bond donors (Lipinski definition) is 2. The third-order valence-corrected chi connectivity index (χ3v) is 5.06. The van der Waals surface area contributed by atoms with Crippen LogP contribution in [0.3, 0.4) is 0 Å². The standard InChI is InChI=1S/C25H29NO5/c1-2-3-4-5-6-10-13-26-24(29)17-30-19-14-20(27)25-21(28)16-22(31-23(25)15-19)18-11-8-7-9-12-18/h7-9,11-12,14-16,27H,2-6,10,13,17H2,1H3,(H,26,29). The Hall–Kier alpha value is -3.28. The Kier molecular flexibility index (Phi) is 8.10. The molecule has 1 heterocycles. The van der Waals surface area contributed by atoms with Gasteiger partial charge in [-0.1, -0.05) is 69.4 Å². The minimum absolute atomic E-state index is 0.0829. The topological polar surface area (TPSA) is 88.8 Å². The van der Waals surface area contributed by atoms with Crippen molar-refractivity contribution in [1.29, 1.82) is 0 Å². The molecule has 0 saturated heterocycles. The van der Waals surface area contributed by atoms with Crippen LogP contribution in [0.15, 0.2) is 57.7 Å². The van der Waals surface area contributed by atoms with Gasteiger partial charge in [-0.05, 0) is 6.42 Å². The Morgan fingerprint density at radius 2 is 1.77 bits per heavy atom. The summed E-state index contributed by atoms with van der Waals surface area (Å²) in [5.74, 6) is 0.181. The van der Waals surface area contributed by atoms with Crippen LogP contribution in [0.25, 0.3) is 22.3 Å². The van der Waals surface area contributed by atoms with E-state index in [-0.39, 0.29) is 40.4 Å². The van der Waals surface area contributed by atoms with Crippen LogP contribution in [0.2, 0.25) is 0 Å². The first-order chi connectivity index (χ1) is 15.1. The zero-order valence-electron chi connectivity index (χ0n) is 17.9. The third-order valence-electron chi connectivity index (χ3n) is 5.06. The Morgan fingerprint density at radius 1 is 1.03 bits per heavy atom. The van der Waals surface area contributed by atoms with Gasteiger partial charge in [-0.15, -0.1) is 0 Å². The number of ether oxygens (including phenoxy) is 1. The summed E-state index contributed by atoms with van der Waals surface area (Å²) in [4.78, 5) is 24.5. The summed E-state index contributed by atoms with van der Waals surface area (Å²) in [5, 5.41) is 13.2. The molecule has 0 fully saturated rings. The molecule has 164 valence electrons. The van der Waals surface area contributed by atoms with Crippen molar-refractivity contribution in [3.05, 3.63) is 58.8 Å². The van der Waals surface area contributed by atoms with Gasteiger partial charge in [0.05, 0.1) is 0 Å². The number of aromatic hydroxyl groups is 1. The zero-order valence-corrected chi connectivity index (χ0v) is 17.9. The molecule has 0 atom stereocenters. The van der Waals surface area contributed by atoms with Gasteiger partial charge in [-0.25, -0.2) is 0 Å². The molecular formula is C25H29NO5. The summed E-state index contributed by atoms with van der Waals surface area (Å²) in [5.41, 5.74) is 0.607. The third kappa shape index (κ3) is 6.35. The highest BCUT2D eigenvalue weighted by Crippen LogP contribution is 2.31. The van der Waals surface area contributed by atoms with E-state index >= 15 is 0 Å². The van der Waals surface area contributed by atoms with Crippen molar-refractivity contribution in [2.45, 2.75) is 45.4 Å². The van der Waals surface area contributed by atoms with E-state index in [1.807, 2.05) is 30.3 Å². The smallest absolute Gasteiger partial charge is 0.257 e. The van der Waals surface area contributed by atoms with Crippen molar-refractivity contribution >= 4 is 16.9 Å². The fourth-order valence-electron chi connectivity index (χ4n) is 3.40.